The Hall–Kier alpha value is -6.24. The van der Waals surface area contributed by atoms with Gasteiger partial charge in [0.1, 0.15) is 5.57 Å². The van der Waals surface area contributed by atoms with E-state index in [1.54, 1.807) is 67.6 Å². The molecule has 0 unspecified atom stereocenters. The van der Waals surface area contributed by atoms with E-state index >= 15 is 0 Å². The molecule has 1 aliphatic rings. The summed E-state index contributed by atoms with van der Waals surface area (Å²) >= 11 is 0. The average molecular weight is 658 g/mol. The SMILES string of the molecule is C=CCc1cc(C=C2C(=O)N(c3ccccc3)C(=O)N(c3ccccc3)C2=O)cc(OCC)c1Oc1ccc(C(F)(F)F)cc1[N+](=O)[O-]. The largest absolute Gasteiger partial charge is 0.490 e. The molecule has 5 rings (SSSR count). The number of nitro benzene ring substituents is 1. The predicted molar refractivity (Wildman–Crippen MR) is 171 cm³/mol. The highest BCUT2D eigenvalue weighted by molar-refractivity contribution is 6.46. The van der Waals surface area contributed by atoms with Crippen LogP contribution in [0, 0.1) is 10.1 Å². The molecule has 13 heteroatoms. The van der Waals surface area contributed by atoms with Crippen molar-refractivity contribution < 1.29 is 42.0 Å². The van der Waals surface area contributed by atoms with Crippen LogP contribution in [0.2, 0.25) is 0 Å². The predicted octanol–water partition coefficient (Wildman–Crippen LogP) is 8.12. The van der Waals surface area contributed by atoms with Gasteiger partial charge < -0.3 is 9.47 Å². The van der Waals surface area contributed by atoms with Gasteiger partial charge in [0.15, 0.2) is 11.5 Å². The summed E-state index contributed by atoms with van der Waals surface area (Å²) in [7, 11) is 0. The molecule has 10 nitrogen and oxygen atoms in total. The fourth-order valence-electron chi connectivity index (χ4n) is 4.99. The first-order chi connectivity index (χ1) is 22.9. The summed E-state index contributed by atoms with van der Waals surface area (Å²) in [5.74, 6) is -2.27. The number of amides is 4. The molecule has 244 valence electrons. The van der Waals surface area contributed by atoms with Gasteiger partial charge >= 0.3 is 17.9 Å². The Morgan fingerprint density at radius 3 is 1.94 bits per heavy atom. The van der Waals surface area contributed by atoms with E-state index in [0.717, 1.165) is 15.9 Å². The quantitative estimate of drug-likeness (QED) is 0.0556. The Kier molecular flexibility index (Phi) is 9.41. The number of nitrogens with zero attached hydrogens (tertiary/aromatic N) is 3. The van der Waals surface area contributed by atoms with E-state index in [9.17, 15) is 37.7 Å². The Morgan fingerprint density at radius 1 is 0.854 bits per heavy atom. The molecule has 4 aromatic rings. The van der Waals surface area contributed by atoms with Crippen LogP contribution in [0.3, 0.4) is 0 Å². The molecule has 1 aliphatic heterocycles. The molecule has 0 radical (unpaired) electrons. The van der Waals surface area contributed by atoms with Crippen LogP contribution in [-0.4, -0.2) is 29.4 Å². The van der Waals surface area contributed by atoms with E-state index in [1.165, 1.54) is 24.3 Å². The number of hydrogen-bond acceptors (Lipinski definition) is 7. The van der Waals surface area contributed by atoms with Crippen LogP contribution in [0.15, 0.2) is 109 Å². The number of carbonyl (C=O) groups is 3. The molecule has 0 saturated carbocycles. The average Bonchev–Trinajstić information content (AvgIpc) is 3.05. The maximum absolute atomic E-state index is 13.8. The van der Waals surface area contributed by atoms with Crippen molar-refractivity contribution in [2.75, 3.05) is 16.4 Å². The zero-order valence-corrected chi connectivity index (χ0v) is 25.3. The Bertz CT molecular complexity index is 1880. The molecule has 0 atom stereocenters. The van der Waals surface area contributed by atoms with E-state index in [1.807, 2.05) is 0 Å². The summed E-state index contributed by atoms with van der Waals surface area (Å²) in [6.07, 6.45) is -1.97. The number of ether oxygens (including phenoxy) is 2. The van der Waals surface area contributed by atoms with E-state index in [4.69, 9.17) is 9.47 Å². The van der Waals surface area contributed by atoms with Crippen molar-refractivity contribution >= 4 is 41.0 Å². The molecule has 1 fully saturated rings. The van der Waals surface area contributed by atoms with Crippen LogP contribution in [-0.2, 0) is 22.2 Å². The maximum atomic E-state index is 13.8. The summed E-state index contributed by atoms with van der Waals surface area (Å²) in [6.45, 7) is 5.45. The summed E-state index contributed by atoms with van der Waals surface area (Å²) in [5, 5.41) is 11.7. The van der Waals surface area contributed by atoms with Crippen molar-refractivity contribution in [1.29, 1.82) is 0 Å². The highest BCUT2D eigenvalue weighted by Gasteiger charge is 2.43. The van der Waals surface area contributed by atoms with Gasteiger partial charge in [-0.2, -0.15) is 13.2 Å². The van der Waals surface area contributed by atoms with Gasteiger partial charge in [0.05, 0.1) is 28.5 Å². The smallest absolute Gasteiger partial charge is 0.416 e. The third-order valence-electron chi connectivity index (χ3n) is 7.10. The first-order valence-electron chi connectivity index (χ1n) is 14.4. The van der Waals surface area contributed by atoms with E-state index in [0.29, 0.717) is 17.7 Å². The molecule has 1 heterocycles. The minimum atomic E-state index is -4.83. The van der Waals surface area contributed by atoms with Gasteiger partial charge in [-0.25, -0.2) is 14.6 Å². The number of rotatable bonds is 10. The summed E-state index contributed by atoms with van der Waals surface area (Å²) < 4.78 is 51.5. The van der Waals surface area contributed by atoms with Crippen LogP contribution >= 0.6 is 0 Å². The number of benzene rings is 4. The molecule has 4 aromatic carbocycles. The molecule has 0 bridgehead atoms. The third kappa shape index (κ3) is 6.65. The molecular weight excluding hydrogens is 631 g/mol. The summed E-state index contributed by atoms with van der Waals surface area (Å²) in [4.78, 5) is 53.8. The molecule has 0 N–H and O–H groups in total. The number of halogens is 3. The fraction of sp³-hybridized carbons (Fsp3) is 0.114. The number of para-hydroxylation sites is 2. The molecule has 4 amide bonds. The molecule has 0 spiro atoms. The van der Waals surface area contributed by atoms with E-state index in [-0.39, 0.29) is 47.0 Å². The van der Waals surface area contributed by atoms with Crippen LogP contribution in [0.5, 0.6) is 17.2 Å². The second-order valence-electron chi connectivity index (χ2n) is 10.3. The summed E-state index contributed by atoms with van der Waals surface area (Å²) in [5.41, 5.74) is -1.46. The molecule has 0 aromatic heterocycles. The van der Waals surface area contributed by atoms with Crippen molar-refractivity contribution in [2.45, 2.75) is 19.5 Å². The van der Waals surface area contributed by atoms with Crippen molar-refractivity contribution in [3.05, 3.63) is 136 Å². The van der Waals surface area contributed by atoms with Crippen LogP contribution in [0.1, 0.15) is 23.6 Å². The van der Waals surface area contributed by atoms with Gasteiger partial charge in [0, 0.05) is 11.6 Å². The fourth-order valence-corrected chi connectivity index (χ4v) is 4.99. The second-order valence-corrected chi connectivity index (χ2v) is 10.3. The number of hydrogen-bond donors (Lipinski definition) is 0. The molecule has 1 saturated heterocycles. The lowest BCUT2D eigenvalue weighted by atomic mass is 10.0. The van der Waals surface area contributed by atoms with Gasteiger partial charge in [-0.3, -0.25) is 19.7 Å². The van der Waals surface area contributed by atoms with Crippen LogP contribution in [0.25, 0.3) is 6.08 Å². The Balaban J connectivity index is 1.65. The number of imide groups is 2. The van der Waals surface area contributed by atoms with Crippen LogP contribution in [0.4, 0.5) is 35.0 Å². The normalized spacial score (nSPS) is 13.4. The van der Waals surface area contributed by atoms with Crippen molar-refractivity contribution in [3.8, 4) is 17.2 Å². The maximum Gasteiger partial charge on any atom is 0.416 e. The van der Waals surface area contributed by atoms with Gasteiger partial charge in [0.2, 0.25) is 5.75 Å². The van der Waals surface area contributed by atoms with Gasteiger partial charge in [-0.1, -0.05) is 42.5 Å². The van der Waals surface area contributed by atoms with E-state index in [2.05, 4.69) is 6.58 Å². The standard InChI is InChI=1S/C35H26F3N3O7/c1-3-11-23-18-22(20-30(47-4-2)31(23)48-29-17-16-24(35(36,37)38)21-28(29)41(45)46)19-27-32(42)39(25-12-7-5-8-13-25)34(44)40(33(27)43)26-14-9-6-10-15-26/h3,5-10,12-21H,1,4,11H2,2H3. The number of barbiturate groups is 1. The minimum absolute atomic E-state index is 0.0181. The monoisotopic (exact) mass is 657 g/mol. The molecule has 48 heavy (non-hydrogen) atoms. The van der Waals surface area contributed by atoms with Crippen molar-refractivity contribution in [3.63, 3.8) is 0 Å². The minimum Gasteiger partial charge on any atom is -0.490 e. The Labute approximate surface area is 272 Å². The van der Waals surface area contributed by atoms with Gasteiger partial charge in [-0.15, -0.1) is 6.58 Å². The lowest BCUT2D eigenvalue weighted by molar-refractivity contribution is -0.385. The number of carbonyl (C=O) groups excluding carboxylic acids is 3. The molecular formula is C35H26F3N3O7. The first-order valence-corrected chi connectivity index (χ1v) is 14.4. The molecule has 0 aliphatic carbocycles. The third-order valence-corrected chi connectivity index (χ3v) is 7.10. The lowest BCUT2D eigenvalue weighted by Gasteiger charge is -2.34. The van der Waals surface area contributed by atoms with Crippen LogP contribution < -0.4 is 19.3 Å². The van der Waals surface area contributed by atoms with Gasteiger partial charge in [-0.05, 0) is 73.5 Å². The second kappa shape index (κ2) is 13.6. The topological polar surface area (TPSA) is 119 Å². The number of allylic oxidation sites excluding steroid dienone is 1. The van der Waals surface area contributed by atoms with Crippen molar-refractivity contribution in [2.24, 2.45) is 0 Å². The van der Waals surface area contributed by atoms with Gasteiger partial charge in [0.25, 0.3) is 11.8 Å². The first kappa shape index (κ1) is 33.1. The number of nitro groups is 1. The number of anilines is 2. The zero-order chi connectivity index (χ0) is 34.6. The lowest BCUT2D eigenvalue weighted by Crippen LogP contribution is -2.57. The highest BCUT2D eigenvalue weighted by atomic mass is 19.4. The highest BCUT2D eigenvalue weighted by Crippen LogP contribution is 2.43. The summed E-state index contributed by atoms with van der Waals surface area (Å²) in [6, 6.07) is 20.1. The van der Waals surface area contributed by atoms with E-state index < -0.39 is 45.9 Å². The zero-order valence-electron chi connectivity index (χ0n) is 25.3. The number of urea groups is 1. The Morgan fingerprint density at radius 2 is 1.44 bits per heavy atom. The van der Waals surface area contributed by atoms with Crippen molar-refractivity contribution in [1.82, 2.24) is 0 Å². The number of alkyl halides is 3.